The lowest BCUT2D eigenvalue weighted by Gasteiger charge is -2.42. The van der Waals surface area contributed by atoms with Crippen LogP contribution < -0.4 is 0 Å². The Morgan fingerprint density at radius 1 is 1.48 bits per heavy atom. The van der Waals surface area contributed by atoms with Crippen LogP contribution in [0.5, 0.6) is 0 Å². The van der Waals surface area contributed by atoms with Gasteiger partial charge < -0.3 is 5.11 Å². The SMILES string of the molecule is CC(C)CN1CCN(C(C(=O)O)c2cccnc2)CC1C. The van der Waals surface area contributed by atoms with Crippen LogP contribution in [-0.2, 0) is 4.79 Å². The van der Waals surface area contributed by atoms with Crippen LogP contribution in [0.4, 0.5) is 0 Å². The molecule has 21 heavy (non-hydrogen) atoms. The van der Waals surface area contributed by atoms with E-state index in [1.165, 1.54) is 0 Å². The highest BCUT2D eigenvalue weighted by Crippen LogP contribution is 2.24. The fourth-order valence-corrected chi connectivity index (χ4v) is 3.05. The molecule has 1 aromatic rings. The third kappa shape index (κ3) is 4.02. The third-order valence-electron chi connectivity index (χ3n) is 4.00. The summed E-state index contributed by atoms with van der Waals surface area (Å²) in [6.07, 6.45) is 3.33. The first-order chi connectivity index (χ1) is 9.99. The molecule has 1 fully saturated rings. The maximum absolute atomic E-state index is 11.7. The summed E-state index contributed by atoms with van der Waals surface area (Å²) in [7, 11) is 0. The molecule has 1 saturated heterocycles. The molecule has 2 atom stereocenters. The number of pyridine rings is 1. The van der Waals surface area contributed by atoms with Gasteiger partial charge in [0.25, 0.3) is 0 Å². The molecule has 1 aliphatic heterocycles. The molecule has 1 aromatic heterocycles. The molecule has 0 saturated carbocycles. The highest BCUT2D eigenvalue weighted by molar-refractivity contribution is 5.75. The van der Waals surface area contributed by atoms with Crippen LogP contribution in [0.15, 0.2) is 24.5 Å². The smallest absolute Gasteiger partial charge is 0.325 e. The second kappa shape index (κ2) is 7.00. The van der Waals surface area contributed by atoms with Crippen molar-refractivity contribution in [2.45, 2.75) is 32.9 Å². The molecule has 5 heteroatoms. The number of aliphatic carboxylic acids is 1. The number of hydrogen-bond acceptors (Lipinski definition) is 4. The molecule has 0 aromatic carbocycles. The van der Waals surface area contributed by atoms with Gasteiger partial charge in [-0.3, -0.25) is 19.6 Å². The molecule has 5 nitrogen and oxygen atoms in total. The molecule has 116 valence electrons. The molecule has 2 unspecified atom stereocenters. The molecule has 0 amide bonds. The lowest BCUT2D eigenvalue weighted by atomic mass is 10.0. The zero-order chi connectivity index (χ0) is 15.4. The van der Waals surface area contributed by atoms with Gasteiger partial charge in [-0.25, -0.2) is 0 Å². The number of carboxylic acid groups (broad SMARTS) is 1. The Kier molecular flexibility index (Phi) is 5.31. The maximum atomic E-state index is 11.7. The molecule has 1 aliphatic rings. The molecule has 2 rings (SSSR count). The third-order valence-corrected chi connectivity index (χ3v) is 4.00. The fraction of sp³-hybridized carbons (Fsp3) is 0.625. The van der Waals surface area contributed by atoms with E-state index in [9.17, 15) is 9.90 Å². The molecule has 0 radical (unpaired) electrons. The summed E-state index contributed by atoms with van der Waals surface area (Å²) in [6.45, 7) is 10.2. The second-order valence-corrected chi connectivity index (χ2v) is 6.26. The van der Waals surface area contributed by atoms with Gasteiger partial charge in [0.15, 0.2) is 0 Å². The molecule has 1 N–H and O–H groups in total. The van der Waals surface area contributed by atoms with Gasteiger partial charge in [-0.1, -0.05) is 19.9 Å². The van der Waals surface area contributed by atoms with Crippen LogP contribution >= 0.6 is 0 Å². The Morgan fingerprint density at radius 2 is 2.24 bits per heavy atom. The van der Waals surface area contributed by atoms with Gasteiger partial charge in [0.1, 0.15) is 6.04 Å². The molecule has 2 heterocycles. The summed E-state index contributed by atoms with van der Waals surface area (Å²) >= 11 is 0. The van der Waals surface area contributed by atoms with Crippen molar-refractivity contribution in [3.63, 3.8) is 0 Å². The van der Waals surface area contributed by atoms with E-state index >= 15 is 0 Å². The second-order valence-electron chi connectivity index (χ2n) is 6.26. The monoisotopic (exact) mass is 291 g/mol. The zero-order valence-corrected chi connectivity index (χ0v) is 13.1. The fourth-order valence-electron chi connectivity index (χ4n) is 3.05. The number of carbonyl (C=O) groups is 1. The van der Waals surface area contributed by atoms with Gasteiger partial charge in [-0.05, 0) is 24.5 Å². The molecule has 0 aliphatic carbocycles. The average molecular weight is 291 g/mol. The number of carboxylic acids is 1. The van der Waals surface area contributed by atoms with Crippen LogP contribution in [0.1, 0.15) is 32.4 Å². The van der Waals surface area contributed by atoms with Crippen molar-refractivity contribution in [1.82, 2.24) is 14.8 Å². The maximum Gasteiger partial charge on any atom is 0.325 e. The van der Waals surface area contributed by atoms with E-state index in [2.05, 4.69) is 35.6 Å². The normalized spacial score (nSPS) is 22.4. The molecular weight excluding hydrogens is 266 g/mol. The van der Waals surface area contributed by atoms with E-state index in [0.29, 0.717) is 12.0 Å². The van der Waals surface area contributed by atoms with Crippen molar-refractivity contribution in [3.8, 4) is 0 Å². The first kappa shape index (κ1) is 15.9. The highest BCUT2D eigenvalue weighted by atomic mass is 16.4. The minimum Gasteiger partial charge on any atom is -0.480 e. The summed E-state index contributed by atoms with van der Waals surface area (Å²) in [4.78, 5) is 20.2. The number of nitrogens with zero attached hydrogens (tertiary/aromatic N) is 3. The van der Waals surface area contributed by atoms with Crippen molar-refractivity contribution in [2.24, 2.45) is 5.92 Å². The molecule has 0 bridgehead atoms. The summed E-state index contributed by atoms with van der Waals surface area (Å²) in [5.41, 5.74) is 0.759. The lowest BCUT2D eigenvalue weighted by molar-refractivity contribution is -0.145. The van der Waals surface area contributed by atoms with Gasteiger partial charge in [-0.2, -0.15) is 0 Å². The van der Waals surface area contributed by atoms with Crippen LogP contribution in [0, 0.1) is 5.92 Å². The van der Waals surface area contributed by atoms with Gasteiger partial charge in [0.2, 0.25) is 0 Å². The number of rotatable bonds is 5. The van der Waals surface area contributed by atoms with E-state index in [4.69, 9.17) is 0 Å². The summed E-state index contributed by atoms with van der Waals surface area (Å²) in [5.74, 6) is -0.167. The summed E-state index contributed by atoms with van der Waals surface area (Å²) in [6, 6.07) is 3.42. The Bertz CT molecular complexity index is 464. The first-order valence-corrected chi connectivity index (χ1v) is 7.60. The van der Waals surface area contributed by atoms with Gasteiger partial charge in [-0.15, -0.1) is 0 Å². The highest BCUT2D eigenvalue weighted by Gasteiger charge is 2.33. The summed E-state index contributed by atoms with van der Waals surface area (Å²) < 4.78 is 0. The molecule has 0 spiro atoms. The predicted molar refractivity (Wildman–Crippen MR) is 82.1 cm³/mol. The lowest BCUT2D eigenvalue weighted by Crippen LogP contribution is -2.54. The van der Waals surface area contributed by atoms with Gasteiger partial charge in [0.05, 0.1) is 0 Å². The van der Waals surface area contributed by atoms with Crippen LogP contribution in [0.3, 0.4) is 0 Å². The minimum absolute atomic E-state index is 0.375. The zero-order valence-electron chi connectivity index (χ0n) is 13.1. The van der Waals surface area contributed by atoms with Crippen molar-refractivity contribution in [3.05, 3.63) is 30.1 Å². The van der Waals surface area contributed by atoms with Crippen molar-refractivity contribution < 1.29 is 9.90 Å². The Hall–Kier alpha value is -1.46. The number of aromatic nitrogens is 1. The van der Waals surface area contributed by atoms with Crippen LogP contribution in [0.2, 0.25) is 0 Å². The van der Waals surface area contributed by atoms with Gasteiger partial charge >= 0.3 is 5.97 Å². The van der Waals surface area contributed by atoms with Crippen molar-refractivity contribution in [1.29, 1.82) is 0 Å². The number of hydrogen-bond donors (Lipinski definition) is 1. The largest absolute Gasteiger partial charge is 0.480 e. The predicted octanol–water partition coefficient (Wildman–Crippen LogP) is 1.87. The van der Waals surface area contributed by atoms with E-state index in [0.717, 1.165) is 31.7 Å². The van der Waals surface area contributed by atoms with Crippen LogP contribution in [-0.4, -0.2) is 58.1 Å². The van der Waals surface area contributed by atoms with Crippen molar-refractivity contribution >= 4 is 5.97 Å². The van der Waals surface area contributed by atoms with E-state index in [1.807, 2.05) is 6.07 Å². The minimum atomic E-state index is -0.799. The molecular formula is C16H25N3O2. The first-order valence-electron chi connectivity index (χ1n) is 7.60. The summed E-state index contributed by atoms with van der Waals surface area (Å²) in [5, 5.41) is 9.59. The van der Waals surface area contributed by atoms with Gasteiger partial charge in [0, 0.05) is 44.6 Å². The average Bonchev–Trinajstić information content (AvgIpc) is 2.42. The van der Waals surface area contributed by atoms with E-state index < -0.39 is 12.0 Å². The Morgan fingerprint density at radius 3 is 2.76 bits per heavy atom. The van der Waals surface area contributed by atoms with E-state index in [-0.39, 0.29) is 0 Å². The van der Waals surface area contributed by atoms with E-state index in [1.54, 1.807) is 18.5 Å². The Balaban J connectivity index is 2.09. The topological polar surface area (TPSA) is 56.7 Å². The quantitative estimate of drug-likeness (QED) is 0.897. The van der Waals surface area contributed by atoms with Crippen LogP contribution in [0.25, 0.3) is 0 Å². The van der Waals surface area contributed by atoms with Crippen molar-refractivity contribution in [2.75, 3.05) is 26.2 Å². The number of piperazine rings is 1. The Labute approximate surface area is 126 Å². The standard InChI is InChI=1S/C16H25N3O2/c1-12(2)10-18-7-8-19(11-13(18)3)15(16(20)21)14-5-4-6-17-9-14/h4-6,9,12-13,15H,7-8,10-11H2,1-3H3,(H,20,21).